The summed E-state index contributed by atoms with van der Waals surface area (Å²) in [6, 6.07) is 3.49. The molecule has 2 N–H and O–H groups in total. The molecular formula is C26H39N3O6. The number of hydrogen-bond donors (Lipinski definition) is 2. The van der Waals surface area contributed by atoms with Crippen molar-refractivity contribution in [3.8, 4) is 0 Å². The lowest BCUT2D eigenvalue weighted by Crippen LogP contribution is -2.55. The Morgan fingerprint density at radius 1 is 1.14 bits per heavy atom. The van der Waals surface area contributed by atoms with Crippen molar-refractivity contribution in [2.75, 3.05) is 20.2 Å². The number of ether oxygens (including phenoxy) is 2. The molecule has 0 heterocycles. The lowest BCUT2D eigenvalue weighted by molar-refractivity contribution is -0.144. The van der Waals surface area contributed by atoms with Crippen molar-refractivity contribution in [3.05, 3.63) is 47.5 Å². The minimum Gasteiger partial charge on any atom is -0.468 e. The first kappa shape index (κ1) is 29.7. The zero-order chi connectivity index (χ0) is 26.9. The predicted molar refractivity (Wildman–Crippen MR) is 134 cm³/mol. The molecule has 1 rings (SSSR count). The summed E-state index contributed by atoms with van der Waals surface area (Å²) in [6.45, 7) is 15.9. The second kappa shape index (κ2) is 12.9. The molecule has 0 radical (unpaired) electrons. The monoisotopic (exact) mass is 489 g/mol. The van der Waals surface area contributed by atoms with Crippen LogP contribution in [0.4, 0.5) is 4.79 Å². The first-order valence-corrected chi connectivity index (χ1v) is 11.5. The van der Waals surface area contributed by atoms with Gasteiger partial charge in [-0.15, -0.1) is 6.58 Å². The average molecular weight is 490 g/mol. The van der Waals surface area contributed by atoms with Crippen LogP contribution >= 0.6 is 0 Å². The van der Waals surface area contributed by atoms with Crippen LogP contribution in [0.1, 0.15) is 57.4 Å². The molecule has 9 heteroatoms. The molecule has 0 saturated carbocycles. The van der Waals surface area contributed by atoms with E-state index >= 15 is 0 Å². The number of carbonyl (C=O) groups is 4. The van der Waals surface area contributed by atoms with Crippen molar-refractivity contribution in [2.24, 2.45) is 5.92 Å². The van der Waals surface area contributed by atoms with Crippen LogP contribution in [0.15, 0.2) is 30.9 Å². The van der Waals surface area contributed by atoms with Gasteiger partial charge in [0.05, 0.1) is 7.11 Å². The van der Waals surface area contributed by atoms with Crippen molar-refractivity contribution in [3.63, 3.8) is 0 Å². The number of nitrogens with zero attached hydrogens (tertiary/aromatic N) is 1. The highest BCUT2D eigenvalue weighted by Gasteiger charge is 2.37. The minimum atomic E-state index is -1.08. The molecule has 194 valence electrons. The third kappa shape index (κ3) is 9.07. The highest BCUT2D eigenvalue weighted by Crippen LogP contribution is 2.27. The summed E-state index contributed by atoms with van der Waals surface area (Å²) < 4.78 is 9.96. The summed E-state index contributed by atoms with van der Waals surface area (Å²) in [6.07, 6.45) is 0.772. The lowest BCUT2D eigenvalue weighted by Gasteiger charge is -2.35. The van der Waals surface area contributed by atoms with E-state index in [-0.39, 0.29) is 19.0 Å². The van der Waals surface area contributed by atoms with E-state index < -0.39 is 41.6 Å². The lowest BCUT2D eigenvalue weighted by atomic mass is 9.95. The van der Waals surface area contributed by atoms with Gasteiger partial charge in [-0.25, -0.2) is 4.79 Å². The Morgan fingerprint density at radius 3 is 2.26 bits per heavy atom. The Morgan fingerprint density at radius 2 is 1.77 bits per heavy atom. The van der Waals surface area contributed by atoms with Crippen molar-refractivity contribution in [1.82, 2.24) is 15.5 Å². The fraction of sp³-hybridized carbons (Fsp3) is 0.538. The Hall–Kier alpha value is -3.36. The van der Waals surface area contributed by atoms with Crippen LogP contribution in [0.2, 0.25) is 0 Å². The van der Waals surface area contributed by atoms with Crippen molar-refractivity contribution in [2.45, 2.75) is 66.2 Å². The summed E-state index contributed by atoms with van der Waals surface area (Å²) in [5.41, 5.74) is 1.64. The van der Waals surface area contributed by atoms with Crippen molar-refractivity contribution in [1.29, 1.82) is 0 Å². The summed E-state index contributed by atoms with van der Waals surface area (Å²) in [5, 5.41) is 5.20. The molecular weight excluding hydrogens is 450 g/mol. The second-order valence-corrected chi connectivity index (χ2v) is 9.70. The average Bonchev–Trinajstić information content (AvgIpc) is 2.74. The standard InChI is InChI=1S/C26H39N3O6/c1-10-13-29(24(32)21(16(2)3)28-25(33)35-26(6,7)8)22(23(31)27-15-20(30)34-9)19-12-11-17(4)14-18(19)5/h10-12,14,16,21-22H,1,13,15H2,2-9H3,(H,27,31)(H,28,33). The molecule has 0 bridgehead atoms. The van der Waals surface area contributed by atoms with Crippen LogP contribution in [0, 0.1) is 19.8 Å². The predicted octanol–water partition coefficient (Wildman–Crippen LogP) is 3.20. The molecule has 9 nitrogen and oxygen atoms in total. The van der Waals surface area contributed by atoms with Gasteiger partial charge in [0.2, 0.25) is 11.8 Å². The van der Waals surface area contributed by atoms with E-state index in [1.54, 1.807) is 40.7 Å². The number of amides is 3. The van der Waals surface area contributed by atoms with Gasteiger partial charge in [0, 0.05) is 6.54 Å². The molecule has 0 aliphatic rings. The van der Waals surface area contributed by atoms with Crippen LogP contribution in [0.3, 0.4) is 0 Å². The van der Waals surface area contributed by atoms with E-state index in [0.29, 0.717) is 5.56 Å². The van der Waals surface area contributed by atoms with Crippen molar-refractivity contribution >= 4 is 23.9 Å². The smallest absolute Gasteiger partial charge is 0.408 e. The number of alkyl carbamates (subject to hydrolysis) is 1. The van der Waals surface area contributed by atoms with Gasteiger partial charge in [0.1, 0.15) is 24.2 Å². The number of carbonyl (C=O) groups excluding carboxylic acids is 4. The summed E-state index contributed by atoms with van der Waals surface area (Å²) in [7, 11) is 1.22. The van der Waals surface area contributed by atoms with Crippen LogP contribution in [0.25, 0.3) is 0 Å². The fourth-order valence-corrected chi connectivity index (χ4v) is 3.50. The van der Waals surface area contributed by atoms with Crippen LogP contribution in [-0.4, -0.2) is 60.6 Å². The first-order chi connectivity index (χ1) is 16.2. The van der Waals surface area contributed by atoms with E-state index in [4.69, 9.17) is 4.74 Å². The quantitative estimate of drug-likeness (QED) is 0.385. The molecule has 0 spiro atoms. The second-order valence-electron chi connectivity index (χ2n) is 9.70. The molecule has 35 heavy (non-hydrogen) atoms. The van der Waals surface area contributed by atoms with Crippen LogP contribution in [-0.2, 0) is 23.9 Å². The zero-order valence-corrected chi connectivity index (χ0v) is 22.1. The molecule has 0 fully saturated rings. The number of esters is 1. The van der Waals surface area contributed by atoms with E-state index in [1.807, 2.05) is 26.0 Å². The highest BCUT2D eigenvalue weighted by atomic mass is 16.6. The maximum absolute atomic E-state index is 13.8. The fourth-order valence-electron chi connectivity index (χ4n) is 3.50. The number of methoxy groups -OCH3 is 1. The van der Waals surface area contributed by atoms with Crippen molar-refractivity contribution < 1.29 is 28.7 Å². The molecule has 0 aliphatic carbocycles. The third-order valence-corrected chi connectivity index (χ3v) is 5.13. The number of benzene rings is 1. The molecule has 1 aromatic carbocycles. The largest absolute Gasteiger partial charge is 0.468 e. The summed E-state index contributed by atoms with van der Waals surface area (Å²) in [4.78, 5) is 52.6. The number of nitrogens with one attached hydrogen (secondary N) is 2. The van der Waals surface area contributed by atoms with Crippen LogP contribution < -0.4 is 10.6 Å². The van der Waals surface area contributed by atoms with Gasteiger partial charge in [-0.3, -0.25) is 14.4 Å². The topological polar surface area (TPSA) is 114 Å². The van der Waals surface area contributed by atoms with E-state index in [0.717, 1.165) is 11.1 Å². The van der Waals surface area contributed by atoms with Gasteiger partial charge in [-0.2, -0.15) is 0 Å². The molecule has 3 amide bonds. The van der Waals surface area contributed by atoms with Crippen LogP contribution in [0.5, 0.6) is 0 Å². The third-order valence-electron chi connectivity index (χ3n) is 5.13. The molecule has 0 aliphatic heterocycles. The molecule has 0 saturated heterocycles. The molecule has 2 atom stereocenters. The molecule has 1 aromatic rings. The summed E-state index contributed by atoms with van der Waals surface area (Å²) >= 11 is 0. The number of aryl methyl sites for hydroxylation is 2. The number of rotatable bonds is 10. The van der Waals surface area contributed by atoms with Gasteiger partial charge in [0.25, 0.3) is 0 Å². The van der Waals surface area contributed by atoms with Gasteiger partial charge in [0.15, 0.2) is 0 Å². The zero-order valence-electron chi connectivity index (χ0n) is 22.1. The Labute approximate surface area is 208 Å². The molecule has 0 aromatic heterocycles. The normalized spacial score (nSPS) is 12.8. The maximum atomic E-state index is 13.8. The Bertz CT molecular complexity index is 936. The van der Waals surface area contributed by atoms with Gasteiger partial charge in [-0.1, -0.05) is 43.7 Å². The maximum Gasteiger partial charge on any atom is 0.408 e. The molecule has 2 unspecified atom stereocenters. The van der Waals surface area contributed by atoms with Gasteiger partial charge in [-0.05, 0) is 51.7 Å². The van der Waals surface area contributed by atoms with Gasteiger partial charge < -0.3 is 25.0 Å². The van der Waals surface area contributed by atoms with Gasteiger partial charge >= 0.3 is 12.1 Å². The Kier molecular flexibility index (Phi) is 11.0. The number of hydrogen-bond acceptors (Lipinski definition) is 6. The Balaban J connectivity index is 3.47. The highest BCUT2D eigenvalue weighted by molar-refractivity contribution is 5.93. The summed E-state index contributed by atoms with van der Waals surface area (Å²) in [5.74, 6) is -1.97. The van der Waals surface area contributed by atoms with E-state index in [9.17, 15) is 19.2 Å². The van der Waals surface area contributed by atoms with E-state index in [1.165, 1.54) is 18.1 Å². The SMILES string of the molecule is C=CCN(C(=O)C(NC(=O)OC(C)(C)C)C(C)C)C(C(=O)NCC(=O)OC)c1ccc(C)cc1C. The minimum absolute atomic E-state index is 0.0294. The van der Waals surface area contributed by atoms with E-state index in [2.05, 4.69) is 21.9 Å². The first-order valence-electron chi connectivity index (χ1n) is 11.5.